The van der Waals surface area contributed by atoms with Crippen LogP contribution in [0.3, 0.4) is 0 Å². The summed E-state index contributed by atoms with van der Waals surface area (Å²) in [5.41, 5.74) is 0.470. The minimum atomic E-state index is -2.97. The summed E-state index contributed by atoms with van der Waals surface area (Å²) in [6, 6.07) is 5.87. The van der Waals surface area contributed by atoms with Gasteiger partial charge in [-0.05, 0) is 25.0 Å². The first-order chi connectivity index (χ1) is 9.41. The highest BCUT2D eigenvalue weighted by Crippen LogP contribution is 2.28. The summed E-state index contributed by atoms with van der Waals surface area (Å²) in [6.07, 6.45) is 0.826. The number of nitro benzene ring substituents is 1. The quantitative estimate of drug-likeness (QED) is 0.667. The predicted octanol–water partition coefficient (Wildman–Crippen LogP) is 1.46. The SMILES string of the molecule is N#Cc1ccc([N+](=O)[O-])c(NC2CCS(=O)(=O)CC2)c1. The Labute approximate surface area is 116 Å². The molecule has 1 heterocycles. The molecule has 106 valence electrons. The normalized spacial score (nSPS) is 18.1. The Morgan fingerprint density at radius 3 is 2.55 bits per heavy atom. The molecular weight excluding hydrogens is 282 g/mol. The Bertz CT molecular complexity index is 664. The molecule has 0 radical (unpaired) electrons. The van der Waals surface area contributed by atoms with Crippen molar-refractivity contribution in [3.8, 4) is 6.07 Å². The maximum atomic E-state index is 11.3. The molecule has 1 aliphatic heterocycles. The van der Waals surface area contributed by atoms with E-state index in [1.54, 1.807) is 0 Å². The van der Waals surface area contributed by atoms with Crippen molar-refractivity contribution in [3.63, 3.8) is 0 Å². The van der Waals surface area contributed by atoms with Crippen molar-refractivity contribution in [1.82, 2.24) is 0 Å². The average molecular weight is 295 g/mol. The van der Waals surface area contributed by atoms with Crippen LogP contribution in [0, 0.1) is 21.4 Å². The second-order valence-electron chi connectivity index (χ2n) is 4.67. The van der Waals surface area contributed by atoms with Crippen LogP contribution in [0.1, 0.15) is 18.4 Å². The molecule has 1 aromatic rings. The first-order valence-corrected chi connectivity index (χ1v) is 7.89. The van der Waals surface area contributed by atoms with Gasteiger partial charge in [0, 0.05) is 12.1 Å². The van der Waals surface area contributed by atoms with Crippen molar-refractivity contribution in [2.24, 2.45) is 0 Å². The van der Waals surface area contributed by atoms with E-state index in [4.69, 9.17) is 5.26 Å². The van der Waals surface area contributed by atoms with Gasteiger partial charge in [0.15, 0.2) is 0 Å². The van der Waals surface area contributed by atoms with Gasteiger partial charge in [-0.1, -0.05) is 0 Å². The average Bonchev–Trinajstić information content (AvgIpc) is 2.40. The predicted molar refractivity (Wildman–Crippen MR) is 73.1 cm³/mol. The highest BCUT2D eigenvalue weighted by atomic mass is 32.2. The molecule has 0 unspecified atom stereocenters. The number of nitro groups is 1. The topological polar surface area (TPSA) is 113 Å². The van der Waals surface area contributed by atoms with Gasteiger partial charge in [0.1, 0.15) is 15.5 Å². The summed E-state index contributed by atoms with van der Waals surface area (Å²) >= 11 is 0. The molecule has 7 nitrogen and oxygen atoms in total. The molecule has 8 heteroatoms. The van der Waals surface area contributed by atoms with Gasteiger partial charge in [-0.3, -0.25) is 10.1 Å². The van der Waals surface area contributed by atoms with E-state index in [-0.39, 0.29) is 28.9 Å². The van der Waals surface area contributed by atoms with Crippen molar-refractivity contribution in [2.75, 3.05) is 16.8 Å². The Kier molecular flexibility index (Phi) is 3.90. The van der Waals surface area contributed by atoms with E-state index < -0.39 is 14.8 Å². The van der Waals surface area contributed by atoms with E-state index in [1.807, 2.05) is 6.07 Å². The zero-order valence-corrected chi connectivity index (χ0v) is 11.4. The lowest BCUT2D eigenvalue weighted by Crippen LogP contribution is -2.32. The number of nitrogens with one attached hydrogen (secondary N) is 1. The minimum Gasteiger partial charge on any atom is -0.377 e. The zero-order valence-electron chi connectivity index (χ0n) is 10.6. The number of nitrogens with zero attached hydrogens (tertiary/aromatic N) is 2. The molecule has 0 saturated carbocycles. The van der Waals surface area contributed by atoms with E-state index >= 15 is 0 Å². The number of rotatable bonds is 3. The number of anilines is 1. The highest BCUT2D eigenvalue weighted by Gasteiger charge is 2.25. The Hall–Kier alpha value is -2.14. The van der Waals surface area contributed by atoms with E-state index in [9.17, 15) is 18.5 Å². The lowest BCUT2D eigenvalue weighted by Gasteiger charge is -2.23. The van der Waals surface area contributed by atoms with Crippen molar-refractivity contribution in [3.05, 3.63) is 33.9 Å². The number of sulfone groups is 1. The van der Waals surface area contributed by atoms with Crippen LogP contribution in [0.25, 0.3) is 0 Å². The van der Waals surface area contributed by atoms with Crippen LogP contribution in [-0.4, -0.2) is 30.9 Å². The van der Waals surface area contributed by atoms with Gasteiger partial charge in [-0.25, -0.2) is 8.42 Å². The molecule has 1 fully saturated rings. The van der Waals surface area contributed by atoms with Gasteiger partial charge < -0.3 is 5.32 Å². The fourth-order valence-electron chi connectivity index (χ4n) is 2.13. The fraction of sp³-hybridized carbons (Fsp3) is 0.417. The highest BCUT2D eigenvalue weighted by molar-refractivity contribution is 7.91. The van der Waals surface area contributed by atoms with Crippen LogP contribution in [0.4, 0.5) is 11.4 Å². The third kappa shape index (κ3) is 3.24. The first kappa shape index (κ1) is 14.3. The minimum absolute atomic E-state index is 0.0798. The molecule has 1 saturated heterocycles. The van der Waals surface area contributed by atoms with Crippen LogP contribution in [0.15, 0.2) is 18.2 Å². The fourth-order valence-corrected chi connectivity index (χ4v) is 3.63. The van der Waals surface area contributed by atoms with Gasteiger partial charge in [0.25, 0.3) is 5.69 Å². The second-order valence-corrected chi connectivity index (χ2v) is 6.97. The number of nitriles is 1. The molecule has 2 rings (SSSR count). The molecule has 0 aliphatic carbocycles. The molecule has 0 aromatic heterocycles. The van der Waals surface area contributed by atoms with E-state index in [0.717, 1.165) is 0 Å². The largest absolute Gasteiger partial charge is 0.377 e. The Morgan fingerprint density at radius 2 is 2.00 bits per heavy atom. The first-order valence-electron chi connectivity index (χ1n) is 6.07. The van der Waals surface area contributed by atoms with Crippen LogP contribution in [0.5, 0.6) is 0 Å². The van der Waals surface area contributed by atoms with E-state index in [1.165, 1.54) is 18.2 Å². The van der Waals surface area contributed by atoms with Gasteiger partial charge >= 0.3 is 0 Å². The van der Waals surface area contributed by atoms with Gasteiger partial charge in [0.2, 0.25) is 0 Å². The van der Waals surface area contributed by atoms with Crippen LogP contribution in [0.2, 0.25) is 0 Å². The third-order valence-electron chi connectivity index (χ3n) is 3.24. The summed E-state index contributed by atoms with van der Waals surface area (Å²) in [4.78, 5) is 10.4. The van der Waals surface area contributed by atoms with Crippen molar-refractivity contribution < 1.29 is 13.3 Å². The van der Waals surface area contributed by atoms with Crippen LogP contribution >= 0.6 is 0 Å². The molecule has 0 amide bonds. The van der Waals surface area contributed by atoms with Crippen molar-refractivity contribution in [1.29, 1.82) is 5.26 Å². The maximum Gasteiger partial charge on any atom is 0.292 e. The second kappa shape index (κ2) is 5.46. The molecule has 0 bridgehead atoms. The molecular formula is C12H13N3O4S. The van der Waals surface area contributed by atoms with Gasteiger partial charge in [-0.2, -0.15) is 5.26 Å². The number of hydrogen-bond acceptors (Lipinski definition) is 6. The zero-order chi connectivity index (χ0) is 14.8. The molecule has 1 aromatic carbocycles. The summed E-state index contributed by atoms with van der Waals surface area (Å²) in [6.45, 7) is 0. The maximum absolute atomic E-state index is 11.3. The van der Waals surface area contributed by atoms with Gasteiger partial charge in [0.05, 0.1) is 28.1 Å². The molecule has 1 N–H and O–H groups in total. The smallest absolute Gasteiger partial charge is 0.292 e. The third-order valence-corrected chi connectivity index (χ3v) is 4.95. The summed E-state index contributed by atoms with van der Waals surface area (Å²) < 4.78 is 22.7. The molecule has 0 atom stereocenters. The van der Waals surface area contributed by atoms with Crippen LogP contribution < -0.4 is 5.32 Å². The van der Waals surface area contributed by atoms with Crippen LogP contribution in [-0.2, 0) is 9.84 Å². The number of hydrogen-bond donors (Lipinski definition) is 1. The Balaban J connectivity index is 2.20. The molecule has 20 heavy (non-hydrogen) atoms. The van der Waals surface area contributed by atoms with E-state index in [2.05, 4.69) is 5.32 Å². The van der Waals surface area contributed by atoms with Crippen molar-refractivity contribution in [2.45, 2.75) is 18.9 Å². The van der Waals surface area contributed by atoms with E-state index in [0.29, 0.717) is 18.4 Å². The van der Waals surface area contributed by atoms with Crippen molar-refractivity contribution >= 4 is 21.2 Å². The summed E-state index contributed by atoms with van der Waals surface area (Å²) in [5.74, 6) is 0.160. The van der Waals surface area contributed by atoms with Gasteiger partial charge in [-0.15, -0.1) is 0 Å². The molecule has 1 aliphatic rings. The summed E-state index contributed by atoms with van der Waals surface area (Å²) in [5, 5.41) is 22.8. The lowest BCUT2D eigenvalue weighted by atomic mass is 10.1. The molecule has 0 spiro atoms. The standard InChI is InChI=1S/C12H13N3O4S/c13-8-9-1-2-12(15(16)17)11(7-9)14-10-3-5-20(18,19)6-4-10/h1-2,7,10,14H,3-6H2. The Morgan fingerprint density at radius 1 is 1.35 bits per heavy atom. The monoisotopic (exact) mass is 295 g/mol. The number of benzene rings is 1. The lowest BCUT2D eigenvalue weighted by molar-refractivity contribution is -0.384. The summed E-state index contributed by atoms with van der Waals surface area (Å²) in [7, 11) is -2.97.